The lowest BCUT2D eigenvalue weighted by atomic mass is 10.2. The summed E-state index contributed by atoms with van der Waals surface area (Å²) in [6, 6.07) is 18.6. The van der Waals surface area contributed by atoms with E-state index in [1.54, 1.807) is 55.6 Å². The summed E-state index contributed by atoms with van der Waals surface area (Å²) in [5.74, 6) is 1.27. The fourth-order valence-corrected chi connectivity index (χ4v) is 3.99. The molecule has 2 heterocycles. The molecule has 0 radical (unpaired) electrons. The summed E-state index contributed by atoms with van der Waals surface area (Å²) in [7, 11) is 1.56. The molecule has 5 aromatic rings. The molecule has 0 amide bonds. The first-order valence-corrected chi connectivity index (χ1v) is 12.0. The molecule has 0 N–H and O–H groups in total. The third kappa shape index (κ3) is 4.59. The molecule has 0 aliphatic heterocycles. The number of aromatic nitrogens is 2. The van der Waals surface area contributed by atoms with Crippen molar-refractivity contribution in [3.05, 3.63) is 92.8 Å². The smallest absolute Gasteiger partial charge is 0.311 e. The largest absolute Gasteiger partial charge is 0.496 e. The van der Waals surface area contributed by atoms with Crippen LogP contribution in [0.3, 0.4) is 0 Å². The average Bonchev–Trinajstić information content (AvgIpc) is 3.37. The predicted octanol–water partition coefficient (Wildman–Crippen LogP) is 5.79. The second kappa shape index (κ2) is 10.2. The number of furan rings is 1. The van der Waals surface area contributed by atoms with Crippen molar-refractivity contribution in [1.82, 2.24) is 9.66 Å². The number of hydrogen-bond acceptors (Lipinski definition) is 8. The van der Waals surface area contributed by atoms with Gasteiger partial charge in [-0.1, -0.05) is 25.1 Å². The second-order valence-electron chi connectivity index (χ2n) is 8.62. The highest BCUT2D eigenvalue weighted by Crippen LogP contribution is 2.33. The van der Waals surface area contributed by atoms with Crippen molar-refractivity contribution in [2.24, 2.45) is 5.10 Å². The lowest BCUT2D eigenvalue weighted by Gasteiger charge is -2.12. The maximum Gasteiger partial charge on any atom is 0.311 e. The molecule has 0 unspecified atom stereocenters. The van der Waals surface area contributed by atoms with E-state index >= 15 is 0 Å². The van der Waals surface area contributed by atoms with E-state index in [9.17, 15) is 14.9 Å². The van der Waals surface area contributed by atoms with Gasteiger partial charge in [0, 0.05) is 11.6 Å². The first-order valence-electron chi connectivity index (χ1n) is 12.0. The summed E-state index contributed by atoms with van der Waals surface area (Å²) in [6.45, 7) is 3.77. The van der Waals surface area contributed by atoms with Crippen LogP contribution in [0.2, 0.25) is 0 Å². The zero-order chi connectivity index (χ0) is 26.8. The van der Waals surface area contributed by atoms with Gasteiger partial charge in [0.1, 0.15) is 11.3 Å². The summed E-state index contributed by atoms with van der Waals surface area (Å²) >= 11 is 0. The number of nitrogens with zero attached hydrogens (tertiary/aromatic N) is 4. The van der Waals surface area contributed by atoms with Crippen LogP contribution in [0.1, 0.15) is 25.8 Å². The monoisotopic (exact) mass is 512 g/mol. The summed E-state index contributed by atoms with van der Waals surface area (Å²) in [5, 5.41) is 17.2. The van der Waals surface area contributed by atoms with Gasteiger partial charge in [0.15, 0.2) is 11.5 Å². The van der Waals surface area contributed by atoms with Crippen molar-refractivity contribution in [2.75, 3.05) is 7.11 Å². The van der Waals surface area contributed by atoms with Gasteiger partial charge in [0.25, 0.3) is 5.56 Å². The topological polar surface area (TPSA) is 122 Å². The number of para-hydroxylation sites is 1. The van der Waals surface area contributed by atoms with Gasteiger partial charge < -0.3 is 13.9 Å². The highest BCUT2D eigenvalue weighted by Gasteiger charge is 2.19. The van der Waals surface area contributed by atoms with Crippen molar-refractivity contribution in [3.8, 4) is 23.1 Å². The minimum atomic E-state index is -0.508. The Morgan fingerprint density at radius 3 is 2.68 bits per heavy atom. The van der Waals surface area contributed by atoms with Crippen molar-refractivity contribution < 1.29 is 18.8 Å². The predicted molar refractivity (Wildman–Crippen MR) is 144 cm³/mol. The van der Waals surface area contributed by atoms with E-state index in [0.717, 1.165) is 10.1 Å². The zero-order valence-corrected chi connectivity index (χ0v) is 21.0. The van der Waals surface area contributed by atoms with Crippen LogP contribution in [0, 0.1) is 10.1 Å². The maximum atomic E-state index is 13.5. The number of nitro groups is 1. The first-order chi connectivity index (χ1) is 18.4. The molecule has 38 heavy (non-hydrogen) atoms. The van der Waals surface area contributed by atoms with Gasteiger partial charge in [-0.2, -0.15) is 9.78 Å². The number of hydrogen-bond donors (Lipinski definition) is 0. The number of benzene rings is 3. The molecule has 0 bridgehead atoms. The molecule has 0 spiro atoms. The van der Waals surface area contributed by atoms with Crippen LogP contribution >= 0.6 is 0 Å². The molecule has 0 fully saturated rings. The Kier molecular flexibility index (Phi) is 6.61. The second-order valence-corrected chi connectivity index (χ2v) is 8.62. The van der Waals surface area contributed by atoms with Crippen LogP contribution in [-0.4, -0.2) is 34.0 Å². The van der Waals surface area contributed by atoms with E-state index in [0.29, 0.717) is 40.0 Å². The molecule has 192 valence electrons. The molecule has 0 saturated heterocycles. The van der Waals surface area contributed by atoms with Crippen LogP contribution in [-0.2, 0) is 0 Å². The number of fused-ring (bicyclic) bond motifs is 2. The average molecular weight is 513 g/mol. The highest BCUT2D eigenvalue weighted by molar-refractivity contribution is 5.88. The lowest BCUT2D eigenvalue weighted by Crippen LogP contribution is -2.20. The van der Waals surface area contributed by atoms with Gasteiger partial charge in [0.2, 0.25) is 5.82 Å². The molecule has 10 nitrogen and oxygen atoms in total. The summed E-state index contributed by atoms with van der Waals surface area (Å²) in [4.78, 5) is 29.3. The van der Waals surface area contributed by atoms with Crippen LogP contribution < -0.4 is 15.0 Å². The minimum Gasteiger partial charge on any atom is -0.496 e. The lowest BCUT2D eigenvalue weighted by molar-refractivity contribution is -0.386. The molecular formula is C28H24N4O6. The van der Waals surface area contributed by atoms with E-state index in [2.05, 4.69) is 10.1 Å². The standard InChI is InChI=1S/C28H24N4O6/c1-4-17(2)37-25-13-12-18(14-22(25)32(34)35)16-29-31-27(30-21-9-6-5-8-19(21)28(31)33)26-15-20-23(36-3)10-7-11-24(20)38-26/h5-17H,4H2,1-3H3/t17-/m1/s1. The van der Waals surface area contributed by atoms with Crippen LogP contribution in [0.25, 0.3) is 33.5 Å². The van der Waals surface area contributed by atoms with Gasteiger partial charge in [-0.3, -0.25) is 14.9 Å². The van der Waals surface area contributed by atoms with E-state index in [4.69, 9.17) is 13.9 Å². The minimum absolute atomic E-state index is 0.169. The zero-order valence-electron chi connectivity index (χ0n) is 21.0. The number of methoxy groups -OCH3 is 1. The first kappa shape index (κ1) is 24.7. The summed E-state index contributed by atoms with van der Waals surface area (Å²) < 4.78 is 18.3. The highest BCUT2D eigenvalue weighted by atomic mass is 16.6. The molecule has 3 aromatic carbocycles. The normalized spacial score (nSPS) is 12.3. The van der Waals surface area contributed by atoms with Crippen molar-refractivity contribution >= 4 is 33.8 Å². The third-order valence-corrected chi connectivity index (χ3v) is 6.12. The van der Waals surface area contributed by atoms with Gasteiger partial charge in [-0.25, -0.2) is 4.98 Å². The fraction of sp³-hybridized carbons (Fsp3) is 0.179. The number of ether oxygens (including phenoxy) is 2. The summed E-state index contributed by atoms with van der Waals surface area (Å²) in [6.07, 6.45) is 1.89. The molecule has 0 aliphatic carbocycles. The van der Waals surface area contributed by atoms with Crippen LogP contribution in [0.4, 0.5) is 5.69 Å². The van der Waals surface area contributed by atoms with E-state index < -0.39 is 10.5 Å². The molecule has 5 rings (SSSR count). The van der Waals surface area contributed by atoms with E-state index in [1.807, 2.05) is 19.9 Å². The quantitative estimate of drug-likeness (QED) is 0.147. The Balaban J connectivity index is 1.64. The molecule has 2 aromatic heterocycles. The molecule has 10 heteroatoms. The van der Waals surface area contributed by atoms with Gasteiger partial charge in [-0.05, 0) is 55.8 Å². The fourth-order valence-electron chi connectivity index (χ4n) is 3.99. The SMILES string of the molecule is CC[C@@H](C)Oc1ccc(C=Nn2c(-c3cc4c(OC)cccc4o3)nc3ccccc3c2=O)cc1[N+](=O)[O-]. The Morgan fingerprint density at radius 1 is 1.11 bits per heavy atom. The van der Waals surface area contributed by atoms with Gasteiger partial charge >= 0.3 is 5.69 Å². The molecular weight excluding hydrogens is 488 g/mol. The van der Waals surface area contributed by atoms with Crippen molar-refractivity contribution in [2.45, 2.75) is 26.4 Å². The third-order valence-electron chi connectivity index (χ3n) is 6.12. The molecule has 1 atom stereocenters. The Labute approximate surface area is 216 Å². The molecule has 0 aliphatic rings. The molecule has 0 saturated carbocycles. The van der Waals surface area contributed by atoms with Crippen molar-refractivity contribution in [3.63, 3.8) is 0 Å². The summed E-state index contributed by atoms with van der Waals surface area (Å²) in [5.41, 5.74) is 0.840. The van der Waals surface area contributed by atoms with Gasteiger partial charge in [-0.15, -0.1) is 0 Å². The maximum absolute atomic E-state index is 13.5. The van der Waals surface area contributed by atoms with Crippen molar-refractivity contribution in [1.29, 1.82) is 0 Å². The number of nitro benzene ring substituents is 1. The van der Waals surface area contributed by atoms with Gasteiger partial charge in [0.05, 0.1) is 40.6 Å². The Morgan fingerprint density at radius 2 is 1.92 bits per heavy atom. The Hall–Kier alpha value is -4.99. The van der Waals surface area contributed by atoms with Crippen LogP contribution in [0.15, 0.2) is 81.0 Å². The van der Waals surface area contributed by atoms with E-state index in [-0.39, 0.29) is 23.4 Å². The van der Waals surface area contributed by atoms with Crippen LogP contribution in [0.5, 0.6) is 11.5 Å². The Bertz CT molecular complexity index is 1750. The number of rotatable bonds is 8. The van der Waals surface area contributed by atoms with E-state index in [1.165, 1.54) is 18.3 Å².